The highest BCUT2D eigenvalue weighted by molar-refractivity contribution is 6.30. The van der Waals surface area contributed by atoms with Crippen molar-refractivity contribution in [2.75, 3.05) is 31.5 Å². The molecular weight excluding hydrogens is 534 g/mol. The summed E-state index contributed by atoms with van der Waals surface area (Å²) in [5, 5.41) is 12.7. The molecular formula is C32H32ClN7O. The zero-order valence-corrected chi connectivity index (χ0v) is 22.8. The Labute approximate surface area is 245 Å². The second-order valence-electron chi connectivity index (χ2n) is 10.0. The topological polar surface area (TPSA) is 90.1 Å². The lowest BCUT2D eigenvalue weighted by atomic mass is 9.93. The van der Waals surface area contributed by atoms with Crippen LogP contribution >= 0.6 is 11.6 Å². The van der Waals surface area contributed by atoms with E-state index in [1.165, 1.54) is 0 Å². The van der Waals surface area contributed by atoms with Crippen LogP contribution in [0.2, 0.25) is 5.02 Å². The first-order valence-corrected chi connectivity index (χ1v) is 13.6. The Balaban J connectivity index is 0.00000337. The van der Waals surface area contributed by atoms with Crippen molar-refractivity contribution < 1.29 is 4.79 Å². The summed E-state index contributed by atoms with van der Waals surface area (Å²) in [5.74, 6) is 0.951. The molecule has 0 radical (unpaired) electrons. The highest BCUT2D eigenvalue weighted by Crippen LogP contribution is 2.41. The van der Waals surface area contributed by atoms with E-state index >= 15 is 0 Å². The standard InChI is InChI=1S/C31H28ClN7O.CH4/c1-21-34-11-12-39(21)20-24-17-23-3-2-10-35-29(23)30(27-9-6-25(32)18-28(24)27)37-13-15-38(16-14-37)31(40)36-26-7-4-22(19-33)5-8-26;/h2-12,17-18,30H,13-16,20H2,1H3,(H,36,40);1H4/t30-;/m0./s1. The summed E-state index contributed by atoms with van der Waals surface area (Å²) in [4.78, 5) is 26.5. The Bertz CT molecular complexity index is 1630. The molecule has 6 rings (SSSR count). The van der Waals surface area contributed by atoms with Gasteiger partial charge in [-0.15, -0.1) is 0 Å². The summed E-state index contributed by atoms with van der Waals surface area (Å²) < 4.78 is 2.14. The third kappa shape index (κ3) is 5.73. The number of amides is 2. The number of anilines is 1. The number of fused-ring (bicyclic) bond motifs is 2. The number of pyridine rings is 1. The van der Waals surface area contributed by atoms with Crippen LogP contribution in [-0.4, -0.2) is 56.5 Å². The number of nitrogens with zero attached hydrogens (tertiary/aromatic N) is 6. The number of halogens is 1. The number of piperazine rings is 1. The van der Waals surface area contributed by atoms with Crippen molar-refractivity contribution >= 4 is 35.0 Å². The fraction of sp³-hybridized carbons (Fsp3) is 0.250. The Kier molecular flexibility index (Phi) is 8.20. The molecule has 2 aliphatic rings. The third-order valence-corrected chi connectivity index (χ3v) is 7.85. The molecule has 9 heteroatoms. The molecule has 4 aromatic rings. The van der Waals surface area contributed by atoms with Gasteiger partial charge >= 0.3 is 6.03 Å². The van der Waals surface area contributed by atoms with E-state index in [1.54, 1.807) is 24.3 Å². The Morgan fingerprint density at radius 3 is 2.56 bits per heavy atom. The molecule has 41 heavy (non-hydrogen) atoms. The Morgan fingerprint density at radius 1 is 1.07 bits per heavy atom. The average molecular weight is 566 g/mol. The number of urea groups is 1. The number of nitriles is 1. The molecule has 1 aliphatic carbocycles. The van der Waals surface area contributed by atoms with Gasteiger partial charge in [-0.3, -0.25) is 9.88 Å². The monoisotopic (exact) mass is 565 g/mol. The van der Waals surface area contributed by atoms with Crippen LogP contribution in [0, 0.1) is 18.3 Å². The first kappa shape index (κ1) is 28.1. The molecule has 1 N–H and O–H groups in total. The number of rotatable bonds is 4. The third-order valence-electron chi connectivity index (χ3n) is 7.61. The number of hydrogen-bond acceptors (Lipinski definition) is 5. The van der Waals surface area contributed by atoms with Crippen molar-refractivity contribution in [1.82, 2.24) is 24.3 Å². The molecule has 0 bridgehead atoms. The van der Waals surface area contributed by atoms with Crippen LogP contribution in [0.4, 0.5) is 10.5 Å². The van der Waals surface area contributed by atoms with E-state index in [-0.39, 0.29) is 19.5 Å². The maximum absolute atomic E-state index is 13.0. The number of allylic oxidation sites excluding steroid dienone is 1. The molecule has 1 saturated heterocycles. The molecule has 2 amide bonds. The largest absolute Gasteiger partial charge is 0.331 e. The van der Waals surface area contributed by atoms with E-state index in [4.69, 9.17) is 21.8 Å². The molecule has 1 aliphatic heterocycles. The van der Waals surface area contributed by atoms with Gasteiger partial charge < -0.3 is 14.8 Å². The van der Waals surface area contributed by atoms with Crippen LogP contribution in [0.25, 0.3) is 11.6 Å². The summed E-state index contributed by atoms with van der Waals surface area (Å²) in [6.07, 6.45) is 7.88. The second kappa shape index (κ2) is 12.0. The first-order valence-electron chi connectivity index (χ1n) is 13.2. The lowest BCUT2D eigenvalue weighted by molar-refractivity contribution is 0.125. The molecule has 1 fully saturated rings. The summed E-state index contributed by atoms with van der Waals surface area (Å²) in [6, 6.07) is 19.0. The van der Waals surface area contributed by atoms with E-state index in [9.17, 15) is 4.79 Å². The fourth-order valence-electron chi connectivity index (χ4n) is 5.51. The Hall–Kier alpha value is -4.45. The number of nitrogens with one attached hydrogen (secondary N) is 1. The molecule has 2 aromatic heterocycles. The fourth-order valence-corrected chi connectivity index (χ4v) is 5.68. The van der Waals surface area contributed by atoms with Gasteiger partial charge in [0.2, 0.25) is 0 Å². The number of aromatic nitrogens is 3. The van der Waals surface area contributed by atoms with Crippen molar-refractivity contribution in [2.24, 2.45) is 0 Å². The number of carbonyl (C=O) groups excluding carboxylic acids is 1. The molecule has 1 atom stereocenters. The highest BCUT2D eigenvalue weighted by atomic mass is 35.5. The van der Waals surface area contributed by atoms with Gasteiger partial charge in [0.1, 0.15) is 5.82 Å². The second-order valence-corrected chi connectivity index (χ2v) is 10.5. The molecule has 0 spiro atoms. The van der Waals surface area contributed by atoms with E-state index in [1.807, 2.05) is 42.5 Å². The number of hydrogen-bond donors (Lipinski definition) is 1. The molecule has 8 nitrogen and oxygen atoms in total. The van der Waals surface area contributed by atoms with E-state index in [2.05, 4.69) is 50.1 Å². The smallest absolute Gasteiger partial charge is 0.321 e. The van der Waals surface area contributed by atoms with Crippen LogP contribution in [0.15, 0.2) is 73.2 Å². The van der Waals surface area contributed by atoms with Crippen molar-refractivity contribution in [3.8, 4) is 6.07 Å². The number of carbonyl (C=O) groups is 1. The lowest BCUT2D eigenvalue weighted by Crippen LogP contribution is -2.51. The van der Waals surface area contributed by atoms with E-state index in [0.717, 1.165) is 33.8 Å². The van der Waals surface area contributed by atoms with Gasteiger partial charge in [0.05, 0.1) is 23.4 Å². The normalized spacial score (nSPS) is 16.4. The first-order chi connectivity index (χ1) is 19.5. The summed E-state index contributed by atoms with van der Waals surface area (Å²) in [5.41, 5.74) is 6.71. The minimum atomic E-state index is -0.143. The highest BCUT2D eigenvalue weighted by Gasteiger charge is 2.33. The minimum absolute atomic E-state index is 0. The summed E-state index contributed by atoms with van der Waals surface area (Å²) >= 11 is 6.55. The molecule has 3 heterocycles. The van der Waals surface area contributed by atoms with E-state index in [0.29, 0.717) is 49.0 Å². The van der Waals surface area contributed by atoms with Crippen LogP contribution < -0.4 is 5.32 Å². The van der Waals surface area contributed by atoms with Gasteiger partial charge in [0, 0.05) is 62.0 Å². The maximum atomic E-state index is 13.0. The van der Waals surface area contributed by atoms with E-state index < -0.39 is 0 Å². The number of aryl methyl sites for hydroxylation is 1. The lowest BCUT2D eigenvalue weighted by Gasteiger charge is -2.39. The molecule has 2 aromatic carbocycles. The van der Waals surface area contributed by atoms with Gasteiger partial charge in [-0.2, -0.15) is 5.26 Å². The van der Waals surface area contributed by atoms with Crippen molar-refractivity contribution in [3.63, 3.8) is 0 Å². The van der Waals surface area contributed by atoms with Crippen LogP contribution in [0.5, 0.6) is 0 Å². The van der Waals surface area contributed by atoms with Gasteiger partial charge in [-0.05, 0) is 77.7 Å². The molecule has 0 saturated carbocycles. The maximum Gasteiger partial charge on any atom is 0.321 e. The predicted molar refractivity (Wildman–Crippen MR) is 162 cm³/mol. The summed E-state index contributed by atoms with van der Waals surface area (Å²) in [6.45, 7) is 5.23. The zero-order valence-electron chi connectivity index (χ0n) is 22.1. The van der Waals surface area contributed by atoms with Crippen molar-refractivity contribution in [1.29, 1.82) is 5.26 Å². The van der Waals surface area contributed by atoms with Crippen LogP contribution in [0.3, 0.4) is 0 Å². The Morgan fingerprint density at radius 2 is 1.85 bits per heavy atom. The van der Waals surface area contributed by atoms with Gasteiger partial charge in [-0.25, -0.2) is 9.78 Å². The predicted octanol–water partition coefficient (Wildman–Crippen LogP) is 6.24. The van der Waals surface area contributed by atoms with Crippen molar-refractivity contribution in [3.05, 3.63) is 112 Å². The summed E-state index contributed by atoms with van der Waals surface area (Å²) in [7, 11) is 0. The molecule has 0 unspecified atom stereocenters. The molecule has 208 valence electrons. The quantitative estimate of drug-likeness (QED) is 0.316. The zero-order chi connectivity index (χ0) is 27.6. The SMILES string of the molecule is C.Cc1nccn1CC1=Cc2cccnc2[C@@H](N2CCN(C(=O)Nc3ccc(C#N)cc3)CC2)c2ccc(Cl)cc21. The average Bonchev–Trinajstić information content (AvgIpc) is 3.33. The van der Waals surface area contributed by atoms with Crippen LogP contribution in [-0.2, 0) is 6.54 Å². The minimum Gasteiger partial charge on any atom is -0.331 e. The van der Waals surface area contributed by atoms with Gasteiger partial charge in [0.15, 0.2) is 0 Å². The van der Waals surface area contributed by atoms with Gasteiger partial charge in [-0.1, -0.05) is 31.2 Å². The number of imidazole rings is 1. The van der Waals surface area contributed by atoms with Gasteiger partial charge in [0.25, 0.3) is 0 Å². The van der Waals surface area contributed by atoms with Crippen molar-refractivity contribution in [2.45, 2.75) is 26.9 Å². The number of benzene rings is 2. The van der Waals surface area contributed by atoms with Crippen LogP contribution in [0.1, 0.15) is 47.2 Å².